The third kappa shape index (κ3) is 3.67. The summed E-state index contributed by atoms with van der Waals surface area (Å²) < 4.78 is 16.9. The van der Waals surface area contributed by atoms with Crippen LogP contribution >= 0.6 is 0 Å². The van der Waals surface area contributed by atoms with Gasteiger partial charge in [-0.05, 0) is 55.2 Å². The smallest absolute Gasteiger partial charge is 0.231 e. The maximum absolute atomic E-state index is 5.71. The molecule has 1 saturated carbocycles. The van der Waals surface area contributed by atoms with Crippen molar-refractivity contribution in [3.05, 3.63) is 23.8 Å². The van der Waals surface area contributed by atoms with E-state index in [1.54, 1.807) is 0 Å². The van der Waals surface area contributed by atoms with Gasteiger partial charge in [0.15, 0.2) is 17.5 Å². The number of guanidine groups is 1. The lowest BCUT2D eigenvalue weighted by atomic mass is 9.74. The van der Waals surface area contributed by atoms with E-state index in [1.165, 1.54) is 31.2 Å². The molecule has 3 heterocycles. The molecule has 1 N–H and O–H groups in total. The van der Waals surface area contributed by atoms with Gasteiger partial charge in [-0.25, -0.2) is 0 Å². The second-order valence-electron chi connectivity index (χ2n) is 9.07. The van der Waals surface area contributed by atoms with Crippen LogP contribution in [0.15, 0.2) is 23.2 Å². The molecule has 1 aromatic rings. The van der Waals surface area contributed by atoms with Gasteiger partial charge in [0, 0.05) is 45.3 Å². The molecule has 0 bridgehead atoms. The summed E-state index contributed by atoms with van der Waals surface area (Å²) in [4.78, 5) is 7.14. The zero-order valence-corrected chi connectivity index (χ0v) is 17.5. The summed E-state index contributed by atoms with van der Waals surface area (Å²) in [6.45, 7) is 5.09. The first-order chi connectivity index (χ1) is 14.3. The number of hydrogen-bond acceptors (Lipinski definition) is 4. The number of hydrogen-bond donors (Lipinski definition) is 1. The SMILES string of the molecule is CN=C(NCC1(c2ccc3c(c2)OCO3)CCOCC1)N1CC2CCCCC2C1. The van der Waals surface area contributed by atoms with Crippen LogP contribution in [0.2, 0.25) is 0 Å². The molecule has 1 aliphatic carbocycles. The van der Waals surface area contributed by atoms with Crippen molar-refractivity contribution >= 4 is 5.96 Å². The average Bonchev–Trinajstić information content (AvgIpc) is 3.41. The van der Waals surface area contributed by atoms with Crippen LogP contribution in [0.1, 0.15) is 44.1 Å². The predicted molar refractivity (Wildman–Crippen MR) is 113 cm³/mol. The Morgan fingerprint density at radius 1 is 1.10 bits per heavy atom. The standard InChI is InChI=1S/C23H33N3O3/c1-24-22(26-13-17-4-2-3-5-18(17)14-26)25-15-23(8-10-27-11-9-23)19-6-7-20-21(12-19)29-16-28-20/h6-7,12,17-18H,2-5,8-11,13-16H2,1H3,(H,24,25). The Kier molecular flexibility index (Phi) is 5.29. The fraction of sp³-hybridized carbons (Fsp3) is 0.696. The van der Waals surface area contributed by atoms with Gasteiger partial charge in [0.2, 0.25) is 6.79 Å². The number of aliphatic imine (C=N–C) groups is 1. The average molecular weight is 400 g/mol. The summed E-state index contributed by atoms with van der Waals surface area (Å²) in [5.41, 5.74) is 1.34. The van der Waals surface area contributed by atoms with E-state index < -0.39 is 0 Å². The van der Waals surface area contributed by atoms with Crippen LogP contribution in [-0.2, 0) is 10.2 Å². The van der Waals surface area contributed by atoms with E-state index in [4.69, 9.17) is 14.2 Å². The maximum Gasteiger partial charge on any atom is 0.231 e. The van der Waals surface area contributed by atoms with Crippen molar-refractivity contribution in [1.29, 1.82) is 0 Å². The topological polar surface area (TPSA) is 55.3 Å². The van der Waals surface area contributed by atoms with Crippen LogP contribution in [0.4, 0.5) is 0 Å². The van der Waals surface area contributed by atoms with Gasteiger partial charge in [0.1, 0.15) is 0 Å². The first-order valence-corrected chi connectivity index (χ1v) is 11.2. The van der Waals surface area contributed by atoms with E-state index in [1.807, 2.05) is 7.05 Å². The van der Waals surface area contributed by atoms with Gasteiger partial charge >= 0.3 is 0 Å². The monoisotopic (exact) mass is 399 g/mol. The van der Waals surface area contributed by atoms with Crippen molar-refractivity contribution in [3.63, 3.8) is 0 Å². The lowest BCUT2D eigenvalue weighted by molar-refractivity contribution is 0.0511. The van der Waals surface area contributed by atoms with Gasteiger partial charge in [-0.1, -0.05) is 18.9 Å². The van der Waals surface area contributed by atoms with Gasteiger partial charge in [-0.15, -0.1) is 0 Å². The second-order valence-corrected chi connectivity index (χ2v) is 9.07. The minimum Gasteiger partial charge on any atom is -0.454 e. The summed E-state index contributed by atoms with van der Waals surface area (Å²) >= 11 is 0. The van der Waals surface area contributed by atoms with Crippen LogP contribution in [0.3, 0.4) is 0 Å². The van der Waals surface area contributed by atoms with Crippen molar-refractivity contribution in [1.82, 2.24) is 10.2 Å². The molecule has 3 fully saturated rings. The number of benzene rings is 1. The van der Waals surface area contributed by atoms with Crippen LogP contribution < -0.4 is 14.8 Å². The minimum atomic E-state index is 0.0294. The molecule has 4 aliphatic rings. The van der Waals surface area contributed by atoms with Crippen LogP contribution in [0.5, 0.6) is 11.5 Å². The summed E-state index contributed by atoms with van der Waals surface area (Å²) in [7, 11) is 1.92. The van der Waals surface area contributed by atoms with Crippen molar-refractivity contribution in [3.8, 4) is 11.5 Å². The molecular formula is C23H33N3O3. The van der Waals surface area contributed by atoms with Crippen molar-refractivity contribution in [2.75, 3.05) is 46.7 Å². The van der Waals surface area contributed by atoms with Gasteiger partial charge in [0.25, 0.3) is 0 Å². The van der Waals surface area contributed by atoms with Crippen molar-refractivity contribution < 1.29 is 14.2 Å². The molecule has 2 saturated heterocycles. The largest absolute Gasteiger partial charge is 0.454 e. The van der Waals surface area contributed by atoms with E-state index in [9.17, 15) is 0 Å². The number of likely N-dealkylation sites (tertiary alicyclic amines) is 1. The van der Waals surface area contributed by atoms with Gasteiger partial charge in [-0.2, -0.15) is 0 Å². The molecule has 29 heavy (non-hydrogen) atoms. The van der Waals surface area contributed by atoms with E-state index in [0.29, 0.717) is 6.79 Å². The third-order valence-corrected chi connectivity index (χ3v) is 7.51. The number of ether oxygens (including phenoxy) is 3. The third-order valence-electron chi connectivity index (χ3n) is 7.51. The Labute approximate surface area is 173 Å². The summed E-state index contributed by atoms with van der Waals surface area (Å²) in [5.74, 6) is 4.48. The molecule has 6 heteroatoms. The molecule has 3 aliphatic heterocycles. The van der Waals surface area contributed by atoms with Crippen molar-refractivity contribution in [2.24, 2.45) is 16.8 Å². The number of rotatable bonds is 3. The van der Waals surface area contributed by atoms with Gasteiger partial charge < -0.3 is 24.4 Å². The van der Waals surface area contributed by atoms with E-state index in [2.05, 4.69) is 33.4 Å². The van der Waals surface area contributed by atoms with E-state index in [0.717, 1.165) is 75.0 Å². The van der Waals surface area contributed by atoms with Gasteiger partial charge in [-0.3, -0.25) is 4.99 Å². The van der Waals surface area contributed by atoms with Crippen LogP contribution in [0.25, 0.3) is 0 Å². The van der Waals surface area contributed by atoms with Gasteiger partial charge in [0.05, 0.1) is 0 Å². The molecule has 0 radical (unpaired) electrons. The predicted octanol–water partition coefficient (Wildman–Crippen LogP) is 3.16. The summed E-state index contributed by atoms with van der Waals surface area (Å²) in [6, 6.07) is 6.42. The molecule has 1 aromatic carbocycles. The van der Waals surface area contributed by atoms with E-state index >= 15 is 0 Å². The first kappa shape index (κ1) is 19.0. The summed E-state index contributed by atoms with van der Waals surface area (Å²) in [5, 5.41) is 3.75. The Morgan fingerprint density at radius 2 is 1.83 bits per heavy atom. The molecule has 0 aromatic heterocycles. The molecule has 158 valence electrons. The summed E-state index contributed by atoms with van der Waals surface area (Å²) in [6.07, 6.45) is 7.57. The highest BCUT2D eigenvalue weighted by atomic mass is 16.7. The van der Waals surface area contributed by atoms with Crippen molar-refractivity contribution in [2.45, 2.75) is 43.9 Å². The Hall–Kier alpha value is -1.95. The molecule has 2 atom stereocenters. The second kappa shape index (κ2) is 8.05. The normalized spacial score (nSPS) is 28.3. The fourth-order valence-electron chi connectivity index (χ4n) is 5.72. The molecule has 2 unspecified atom stereocenters. The minimum absolute atomic E-state index is 0.0294. The first-order valence-electron chi connectivity index (χ1n) is 11.2. The molecule has 6 nitrogen and oxygen atoms in total. The van der Waals surface area contributed by atoms with E-state index in [-0.39, 0.29) is 5.41 Å². The van der Waals surface area contributed by atoms with Crippen LogP contribution in [0, 0.1) is 11.8 Å². The Bertz CT molecular complexity index is 746. The molecular weight excluding hydrogens is 366 g/mol. The lowest BCUT2D eigenvalue weighted by Crippen LogP contribution is -2.49. The molecule has 0 spiro atoms. The Morgan fingerprint density at radius 3 is 2.55 bits per heavy atom. The zero-order valence-electron chi connectivity index (χ0n) is 17.5. The molecule has 0 amide bonds. The maximum atomic E-state index is 5.71. The highest BCUT2D eigenvalue weighted by Gasteiger charge is 2.38. The number of nitrogens with one attached hydrogen (secondary N) is 1. The Balaban J connectivity index is 1.32. The quantitative estimate of drug-likeness (QED) is 0.625. The molecule has 5 rings (SSSR count). The highest BCUT2D eigenvalue weighted by Crippen LogP contribution is 2.41. The highest BCUT2D eigenvalue weighted by molar-refractivity contribution is 5.80. The zero-order chi connectivity index (χ0) is 19.7. The number of nitrogens with zero attached hydrogens (tertiary/aromatic N) is 2. The fourth-order valence-corrected chi connectivity index (χ4v) is 5.72. The number of fused-ring (bicyclic) bond motifs is 2. The lowest BCUT2D eigenvalue weighted by Gasteiger charge is -2.39. The van der Waals surface area contributed by atoms with Crippen LogP contribution in [-0.4, -0.2) is 57.5 Å².